The number of piperazine rings is 1. The van der Waals surface area contributed by atoms with Gasteiger partial charge in [0.2, 0.25) is 0 Å². The van der Waals surface area contributed by atoms with Gasteiger partial charge in [0.15, 0.2) is 0 Å². The molecule has 150 valence electrons. The molecule has 0 bridgehead atoms. The van der Waals surface area contributed by atoms with Gasteiger partial charge in [-0.3, -0.25) is 19.4 Å². The molecule has 0 atom stereocenters. The number of halogens is 2. The number of imide groups is 1. The smallest absolute Gasteiger partial charge is 0.277 e. The van der Waals surface area contributed by atoms with E-state index in [0.717, 1.165) is 24.5 Å². The fourth-order valence-corrected chi connectivity index (χ4v) is 4.33. The number of hydrogen-bond acceptors (Lipinski definition) is 4. The number of carbonyl (C=O) groups is 2. The second kappa shape index (κ2) is 8.19. The van der Waals surface area contributed by atoms with Crippen LogP contribution in [0.1, 0.15) is 11.1 Å². The lowest BCUT2D eigenvalue weighted by molar-refractivity contribution is -0.136. The number of carbonyl (C=O) groups excluding carboxylic acids is 2. The molecule has 0 aliphatic carbocycles. The Bertz CT molecular complexity index is 983. The predicted molar refractivity (Wildman–Crippen MR) is 114 cm³/mol. The van der Waals surface area contributed by atoms with E-state index in [4.69, 9.17) is 23.2 Å². The molecule has 2 heterocycles. The molecule has 2 aromatic carbocycles. The van der Waals surface area contributed by atoms with E-state index in [2.05, 4.69) is 17.0 Å². The highest BCUT2D eigenvalue weighted by Gasteiger charge is 2.40. The molecule has 2 amide bonds. The first kappa shape index (κ1) is 20.0. The van der Waals surface area contributed by atoms with E-state index in [1.54, 1.807) is 18.2 Å². The van der Waals surface area contributed by atoms with Crippen molar-refractivity contribution in [2.24, 2.45) is 0 Å². The van der Waals surface area contributed by atoms with Crippen molar-refractivity contribution in [3.8, 4) is 0 Å². The molecule has 0 radical (unpaired) electrons. The number of benzene rings is 2. The maximum Gasteiger partial charge on any atom is 0.277 e. The third kappa shape index (κ3) is 3.90. The van der Waals surface area contributed by atoms with Gasteiger partial charge >= 0.3 is 0 Å². The summed E-state index contributed by atoms with van der Waals surface area (Å²) in [5, 5.41) is 0.852. The third-order valence-electron chi connectivity index (χ3n) is 5.40. The van der Waals surface area contributed by atoms with Crippen molar-refractivity contribution in [1.82, 2.24) is 14.7 Å². The van der Waals surface area contributed by atoms with E-state index in [1.165, 1.54) is 12.6 Å². The van der Waals surface area contributed by atoms with E-state index in [1.807, 2.05) is 23.1 Å². The minimum atomic E-state index is -0.332. The minimum Gasteiger partial charge on any atom is -0.364 e. The Hall–Kier alpha value is -2.34. The zero-order chi connectivity index (χ0) is 20.5. The van der Waals surface area contributed by atoms with E-state index < -0.39 is 0 Å². The molecular formula is C22H21Cl2N3O2. The zero-order valence-corrected chi connectivity index (χ0v) is 17.6. The van der Waals surface area contributed by atoms with Gasteiger partial charge in [-0.1, -0.05) is 59.6 Å². The third-order valence-corrected chi connectivity index (χ3v) is 5.95. The lowest BCUT2D eigenvalue weighted by atomic mass is 10.0. The summed E-state index contributed by atoms with van der Waals surface area (Å²) in [5.41, 5.74) is 2.60. The van der Waals surface area contributed by atoms with Crippen molar-refractivity contribution in [3.05, 3.63) is 75.4 Å². The lowest BCUT2D eigenvalue weighted by Crippen LogP contribution is -2.46. The molecule has 0 unspecified atom stereocenters. The van der Waals surface area contributed by atoms with Gasteiger partial charge < -0.3 is 4.90 Å². The van der Waals surface area contributed by atoms with Crippen LogP contribution in [0.3, 0.4) is 0 Å². The molecule has 0 N–H and O–H groups in total. The van der Waals surface area contributed by atoms with Crippen LogP contribution < -0.4 is 0 Å². The molecule has 2 aromatic rings. The summed E-state index contributed by atoms with van der Waals surface area (Å²) in [4.78, 5) is 31.2. The Morgan fingerprint density at radius 3 is 2.24 bits per heavy atom. The molecule has 1 saturated heterocycles. The molecule has 2 aliphatic heterocycles. The van der Waals surface area contributed by atoms with Gasteiger partial charge in [0.25, 0.3) is 11.8 Å². The maximum atomic E-state index is 12.9. The van der Waals surface area contributed by atoms with Crippen LogP contribution in [-0.4, -0.2) is 59.7 Å². The highest BCUT2D eigenvalue weighted by atomic mass is 35.5. The van der Waals surface area contributed by atoms with Crippen molar-refractivity contribution in [3.63, 3.8) is 0 Å². The lowest BCUT2D eigenvalue weighted by Gasteiger charge is -2.36. The summed E-state index contributed by atoms with van der Waals surface area (Å²) in [5.74, 6) is -0.617. The van der Waals surface area contributed by atoms with Crippen LogP contribution in [-0.2, 0) is 16.1 Å². The average Bonchev–Trinajstić information content (AvgIpc) is 2.94. The van der Waals surface area contributed by atoms with Crippen molar-refractivity contribution in [2.75, 3.05) is 33.2 Å². The summed E-state index contributed by atoms with van der Waals surface area (Å²) in [6, 6.07) is 15.3. The van der Waals surface area contributed by atoms with E-state index in [0.29, 0.717) is 40.0 Å². The SMILES string of the molecule is CN1C(=O)C(c2ccc(Cl)cc2Cl)=C(N2CCN(Cc3ccccc3)CC2)C1=O. The average molecular weight is 430 g/mol. The summed E-state index contributed by atoms with van der Waals surface area (Å²) in [7, 11) is 1.51. The second-order valence-electron chi connectivity index (χ2n) is 7.27. The van der Waals surface area contributed by atoms with Crippen LogP contribution in [0, 0.1) is 0 Å². The minimum absolute atomic E-state index is 0.285. The van der Waals surface area contributed by atoms with Crippen LogP contribution in [0.5, 0.6) is 0 Å². The fraction of sp³-hybridized carbons (Fsp3) is 0.273. The summed E-state index contributed by atoms with van der Waals surface area (Å²) in [6.07, 6.45) is 0. The number of rotatable bonds is 4. The Morgan fingerprint density at radius 2 is 1.59 bits per heavy atom. The predicted octanol–water partition coefficient (Wildman–Crippen LogP) is 3.52. The maximum absolute atomic E-state index is 12.9. The van der Waals surface area contributed by atoms with E-state index in [-0.39, 0.29) is 11.8 Å². The molecular weight excluding hydrogens is 409 g/mol. The molecule has 4 rings (SSSR count). The van der Waals surface area contributed by atoms with E-state index >= 15 is 0 Å². The normalized spacial score (nSPS) is 18.2. The van der Waals surface area contributed by atoms with Crippen LogP contribution in [0.4, 0.5) is 0 Å². The largest absolute Gasteiger partial charge is 0.364 e. The Kier molecular flexibility index (Phi) is 5.63. The molecule has 0 aromatic heterocycles. The van der Waals surface area contributed by atoms with Gasteiger partial charge in [-0.05, 0) is 17.7 Å². The zero-order valence-electron chi connectivity index (χ0n) is 16.1. The molecule has 0 saturated carbocycles. The first-order valence-electron chi connectivity index (χ1n) is 9.49. The second-order valence-corrected chi connectivity index (χ2v) is 8.11. The monoisotopic (exact) mass is 429 g/mol. The number of amides is 2. The number of hydrogen-bond donors (Lipinski definition) is 0. The van der Waals surface area contributed by atoms with Gasteiger partial charge in [-0.15, -0.1) is 0 Å². The topological polar surface area (TPSA) is 43.9 Å². The standard InChI is InChI=1S/C22H21Cl2N3O2/c1-25-21(28)19(17-8-7-16(23)13-18(17)24)20(22(25)29)27-11-9-26(10-12-27)14-15-5-3-2-4-6-15/h2-8,13H,9-12,14H2,1H3. The molecule has 5 nitrogen and oxygen atoms in total. The highest BCUT2D eigenvalue weighted by molar-refractivity contribution is 6.41. The van der Waals surface area contributed by atoms with Crippen LogP contribution >= 0.6 is 23.2 Å². The summed E-state index contributed by atoms with van der Waals surface area (Å²) < 4.78 is 0. The molecule has 1 fully saturated rings. The molecule has 2 aliphatic rings. The van der Waals surface area contributed by atoms with Gasteiger partial charge in [-0.2, -0.15) is 0 Å². The van der Waals surface area contributed by atoms with Gasteiger partial charge in [0.05, 0.1) is 10.6 Å². The Labute approximate surface area is 180 Å². The van der Waals surface area contributed by atoms with Crippen molar-refractivity contribution < 1.29 is 9.59 Å². The van der Waals surface area contributed by atoms with Gasteiger partial charge in [0.1, 0.15) is 5.70 Å². The first-order valence-corrected chi connectivity index (χ1v) is 10.2. The Balaban J connectivity index is 1.59. The van der Waals surface area contributed by atoms with Gasteiger partial charge in [0, 0.05) is 50.4 Å². The first-order chi connectivity index (χ1) is 14.0. The fourth-order valence-electron chi connectivity index (χ4n) is 3.83. The number of likely N-dealkylation sites (N-methyl/N-ethyl adjacent to an activating group) is 1. The van der Waals surface area contributed by atoms with Gasteiger partial charge in [-0.25, -0.2) is 0 Å². The summed E-state index contributed by atoms with van der Waals surface area (Å²) in [6.45, 7) is 3.83. The van der Waals surface area contributed by atoms with Crippen LogP contribution in [0.2, 0.25) is 10.0 Å². The molecule has 0 spiro atoms. The number of nitrogens with zero attached hydrogens (tertiary/aromatic N) is 3. The van der Waals surface area contributed by atoms with Crippen LogP contribution in [0.15, 0.2) is 54.2 Å². The quantitative estimate of drug-likeness (QED) is 0.697. The van der Waals surface area contributed by atoms with Crippen molar-refractivity contribution >= 4 is 40.6 Å². The van der Waals surface area contributed by atoms with E-state index in [9.17, 15) is 9.59 Å². The Morgan fingerprint density at radius 1 is 0.897 bits per heavy atom. The highest BCUT2D eigenvalue weighted by Crippen LogP contribution is 2.36. The molecule has 7 heteroatoms. The summed E-state index contributed by atoms with van der Waals surface area (Å²) >= 11 is 12.4. The van der Waals surface area contributed by atoms with Crippen LogP contribution in [0.25, 0.3) is 5.57 Å². The van der Waals surface area contributed by atoms with Crippen molar-refractivity contribution in [2.45, 2.75) is 6.54 Å². The van der Waals surface area contributed by atoms with Crippen molar-refractivity contribution in [1.29, 1.82) is 0 Å². The molecule has 29 heavy (non-hydrogen) atoms.